The molecule has 2 aromatic rings. The van der Waals surface area contributed by atoms with Gasteiger partial charge in [0.05, 0.1) is 19.4 Å². The molecule has 1 atom stereocenters. The van der Waals surface area contributed by atoms with Gasteiger partial charge in [0.25, 0.3) is 0 Å². The number of hydrogen-bond donors (Lipinski definition) is 1. The maximum atomic E-state index is 12.5. The summed E-state index contributed by atoms with van der Waals surface area (Å²) in [5.41, 5.74) is 1.78. The lowest BCUT2D eigenvalue weighted by atomic mass is 10.1. The zero-order valence-electron chi connectivity index (χ0n) is 17.2. The molecule has 1 unspecified atom stereocenters. The molecule has 5 nitrogen and oxygen atoms in total. The molecule has 0 aromatic heterocycles. The predicted molar refractivity (Wildman–Crippen MR) is 119 cm³/mol. The molecule has 7 heteroatoms. The first kappa shape index (κ1) is 21.8. The average Bonchev–Trinajstić information content (AvgIpc) is 3.06. The van der Waals surface area contributed by atoms with Crippen LogP contribution in [0.4, 0.5) is 5.69 Å². The van der Waals surface area contributed by atoms with Gasteiger partial charge in [0.1, 0.15) is 16.9 Å². The Hall–Kier alpha value is -1.89. The second-order valence-corrected chi connectivity index (χ2v) is 8.74. The molecule has 1 N–H and O–H groups in total. The number of carbonyl (C=O) groups excluding carboxylic acids is 1. The third-order valence-corrected chi connectivity index (χ3v) is 6.11. The summed E-state index contributed by atoms with van der Waals surface area (Å²) in [6.45, 7) is 7.32. The van der Waals surface area contributed by atoms with Crippen molar-refractivity contribution in [2.75, 3.05) is 25.2 Å². The summed E-state index contributed by atoms with van der Waals surface area (Å²) in [6.07, 6.45) is 0.897. The van der Waals surface area contributed by atoms with Gasteiger partial charge in [-0.05, 0) is 49.4 Å². The van der Waals surface area contributed by atoms with E-state index < -0.39 is 0 Å². The molecule has 0 aliphatic carbocycles. The highest BCUT2D eigenvalue weighted by Crippen LogP contribution is 2.54. The van der Waals surface area contributed by atoms with Crippen LogP contribution in [0.25, 0.3) is 0 Å². The van der Waals surface area contributed by atoms with Gasteiger partial charge in [-0.3, -0.25) is 9.69 Å². The molecule has 29 heavy (non-hydrogen) atoms. The minimum Gasteiger partial charge on any atom is -0.497 e. The Labute approximate surface area is 181 Å². The normalized spacial score (nSPS) is 15.5. The first-order valence-corrected chi connectivity index (χ1v) is 11.0. The van der Waals surface area contributed by atoms with Crippen LogP contribution in [-0.4, -0.2) is 32.2 Å². The van der Waals surface area contributed by atoms with Gasteiger partial charge in [-0.15, -0.1) is 0 Å². The minimum atomic E-state index is -0.236. The summed E-state index contributed by atoms with van der Waals surface area (Å²) >= 11 is 7.77. The molecule has 1 aliphatic rings. The van der Waals surface area contributed by atoms with Crippen molar-refractivity contribution in [3.63, 3.8) is 0 Å². The first-order valence-electron chi connectivity index (χ1n) is 9.71. The molecule has 0 radical (unpaired) electrons. The van der Waals surface area contributed by atoms with Crippen LogP contribution in [0.3, 0.4) is 0 Å². The van der Waals surface area contributed by atoms with E-state index in [4.69, 9.17) is 21.1 Å². The Balaban J connectivity index is 1.87. The molecular formula is C22H27ClN2O3S. The molecule has 1 amide bonds. The third kappa shape index (κ3) is 5.18. The smallest absolute Gasteiger partial charge is 0.225 e. The summed E-state index contributed by atoms with van der Waals surface area (Å²) in [5, 5.41) is 3.81. The molecular weight excluding hydrogens is 408 g/mol. The summed E-state index contributed by atoms with van der Waals surface area (Å²) in [6, 6.07) is 11.8. The molecule has 0 spiro atoms. The molecule has 2 aromatic carbocycles. The summed E-state index contributed by atoms with van der Waals surface area (Å²) < 4.78 is 11.5. The Morgan fingerprint density at radius 3 is 2.76 bits per heavy atom. The van der Waals surface area contributed by atoms with Crippen LogP contribution in [0.15, 0.2) is 41.3 Å². The van der Waals surface area contributed by atoms with Gasteiger partial charge in [0.2, 0.25) is 5.91 Å². The number of hydrogen-bond acceptors (Lipinski definition) is 5. The molecule has 156 valence electrons. The number of fused-ring (bicyclic) bond motifs is 1. The van der Waals surface area contributed by atoms with Crippen LogP contribution in [0.5, 0.6) is 11.5 Å². The average molecular weight is 435 g/mol. The van der Waals surface area contributed by atoms with Crippen LogP contribution >= 0.6 is 23.4 Å². The van der Waals surface area contributed by atoms with Gasteiger partial charge in [0, 0.05) is 28.4 Å². The van der Waals surface area contributed by atoms with Gasteiger partial charge in [-0.2, -0.15) is 0 Å². The van der Waals surface area contributed by atoms with Gasteiger partial charge in [-0.1, -0.05) is 37.2 Å². The van der Waals surface area contributed by atoms with Crippen molar-refractivity contribution in [1.82, 2.24) is 5.32 Å². The standard InChI is InChI=1S/C22H27ClN2O3S/c1-14(2)24-10-5-11-28-20-9-7-17(27-4)13-18(20)22-25(15(3)26)19-8-6-16(23)12-21(19)29-22/h6-9,12-14,22,24H,5,10-11H2,1-4H3. The number of nitrogens with one attached hydrogen (secondary N) is 1. The third-order valence-electron chi connectivity index (χ3n) is 4.61. The van der Waals surface area contributed by atoms with Crippen molar-refractivity contribution >= 4 is 35.0 Å². The Kier molecular flexibility index (Phi) is 7.33. The number of rotatable bonds is 8. The highest BCUT2D eigenvalue weighted by Gasteiger charge is 2.36. The molecule has 1 aliphatic heterocycles. The van der Waals surface area contributed by atoms with Crippen molar-refractivity contribution in [2.45, 2.75) is 43.5 Å². The largest absolute Gasteiger partial charge is 0.497 e. The Bertz CT molecular complexity index is 875. The SMILES string of the molecule is COc1ccc(OCCCNC(C)C)c(C2Sc3cc(Cl)ccc3N2C(C)=O)c1. The first-order chi connectivity index (χ1) is 13.9. The molecule has 0 saturated heterocycles. The van der Waals surface area contributed by atoms with Crippen LogP contribution in [0.1, 0.15) is 38.1 Å². The fourth-order valence-corrected chi connectivity index (χ4v) is 4.88. The van der Waals surface area contributed by atoms with E-state index in [9.17, 15) is 4.79 Å². The Morgan fingerprint density at radius 2 is 2.07 bits per heavy atom. The fraction of sp³-hybridized carbons (Fsp3) is 0.409. The number of carbonyl (C=O) groups is 1. The zero-order valence-corrected chi connectivity index (χ0v) is 18.8. The van der Waals surface area contributed by atoms with Crippen LogP contribution in [0, 0.1) is 0 Å². The van der Waals surface area contributed by atoms with Crippen molar-refractivity contribution in [1.29, 1.82) is 0 Å². The minimum absolute atomic E-state index is 0.0292. The second-order valence-electron chi connectivity index (χ2n) is 7.19. The van der Waals surface area contributed by atoms with E-state index in [1.807, 2.05) is 36.4 Å². The number of halogens is 1. The second kappa shape index (κ2) is 9.74. The van der Waals surface area contributed by atoms with Gasteiger partial charge >= 0.3 is 0 Å². The molecule has 0 bridgehead atoms. The van der Waals surface area contributed by atoms with Crippen LogP contribution in [0.2, 0.25) is 5.02 Å². The number of methoxy groups -OCH3 is 1. The van der Waals surface area contributed by atoms with E-state index >= 15 is 0 Å². The predicted octanol–water partition coefficient (Wildman–Crippen LogP) is 5.27. The van der Waals surface area contributed by atoms with Crippen molar-refractivity contribution in [3.8, 4) is 11.5 Å². The topological polar surface area (TPSA) is 50.8 Å². The number of anilines is 1. The van der Waals surface area contributed by atoms with Crippen molar-refractivity contribution < 1.29 is 14.3 Å². The quantitative estimate of drug-likeness (QED) is 0.573. The summed E-state index contributed by atoms with van der Waals surface area (Å²) in [7, 11) is 1.64. The van der Waals surface area contributed by atoms with E-state index in [-0.39, 0.29) is 11.3 Å². The monoisotopic (exact) mass is 434 g/mol. The van der Waals surface area contributed by atoms with E-state index in [0.717, 1.165) is 40.6 Å². The summed E-state index contributed by atoms with van der Waals surface area (Å²) in [4.78, 5) is 15.3. The number of benzene rings is 2. The van der Waals surface area contributed by atoms with Crippen LogP contribution < -0.4 is 19.7 Å². The highest BCUT2D eigenvalue weighted by molar-refractivity contribution is 8.00. The van der Waals surface area contributed by atoms with Crippen molar-refractivity contribution in [3.05, 3.63) is 47.0 Å². The lowest BCUT2D eigenvalue weighted by Gasteiger charge is -2.25. The zero-order chi connectivity index (χ0) is 21.0. The van der Waals surface area contributed by atoms with E-state index in [1.54, 1.807) is 30.7 Å². The molecule has 0 fully saturated rings. The van der Waals surface area contributed by atoms with E-state index in [0.29, 0.717) is 17.7 Å². The summed E-state index contributed by atoms with van der Waals surface area (Å²) in [5.74, 6) is 1.46. The van der Waals surface area contributed by atoms with Gasteiger partial charge < -0.3 is 14.8 Å². The molecule has 0 saturated carbocycles. The maximum Gasteiger partial charge on any atom is 0.225 e. The Morgan fingerprint density at radius 1 is 1.28 bits per heavy atom. The number of nitrogens with zero attached hydrogens (tertiary/aromatic N) is 1. The molecule has 3 rings (SSSR count). The number of amides is 1. The molecule has 1 heterocycles. The van der Waals surface area contributed by atoms with E-state index in [2.05, 4.69) is 19.2 Å². The fourth-order valence-electron chi connectivity index (χ4n) is 3.24. The lowest BCUT2D eigenvalue weighted by molar-refractivity contribution is -0.116. The van der Waals surface area contributed by atoms with Gasteiger partial charge in [-0.25, -0.2) is 0 Å². The highest BCUT2D eigenvalue weighted by atomic mass is 35.5. The van der Waals surface area contributed by atoms with Crippen molar-refractivity contribution in [2.24, 2.45) is 0 Å². The number of thioether (sulfide) groups is 1. The lowest BCUT2D eigenvalue weighted by Crippen LogP contribution is -2.28. The maximum absolute atomic E-state index is 12.5. The van der Waals surface area contributed by atoms with Crippen LogP contribution in [-0.2, 0) is 4.79 Å². The van der Waals surface area contributed by atoms with E-state index in [1.165, 1.54) is 0 Å². The van der Waals surface area contributed by atoms with Gasteiger partial charge in [0.15, 0.2) is 0 Å². The number of ether oxygens (including phenoxy) is 2.